The number of likely N-dealkylation sites (N-methyl/N-ethyl adjacent to an activating group) is 1. The lowest BCUT2D eigenvalue weighted by Crippen LogP contribution is -2.39. The molecule has 7 heteroatoms. The molecule has 21 heavy (non-hydrogen) atoms. The van der Waals surface area contributed by atoms with Gasteiger partial charge in [-0.3, -0.25) is 4.90 Å². The van der Waals surface area contributed by atoms with Gasteiger partial charge in [-0.25, -0.2) is 4.39 Å². The first-order valence-corrected chi connectivity index (χ1v) is 6.71. The molecule has 3 nitrogen and oxygen atoms in total. The zero-order valence-electron chi connectivity index (χ0n) is 11.7. The summed E-state index contributed by atoms with van der Waals surface area (Å²) in [5, 5.41) is 0. The second kappa shape index (κ2) is 6.29. The van der Waals surface area contributed by atoms with Crippen molar-refractivity contribution in [1.29, 1.82) is 0 Å². The Kier molecular flexibility index (Phi) is 4.85. The number of nitrogens with zero attached hydrogens (tertiary/aromatic N) is 1. The van der Waals surface area contributed by atoms with Crippen LogP contribution in [0.3, 0.4) is 0 Å². The van der Waals surface area contributed by atoms with Crippen molar-refractivity contribution in [3.63, 3.8) is 0 Å². The summed E-state index contributed by atoms with van der Waals surface area (Å²) >= 11 is 0. The van der Waals surface area contributed by atoms with Gasteiger partial charge in [-0.15, -0.1) is 0 Å². The smallest absolute Gasteiger partial charge is 0.380 e. The summed E-state index contributed by atoms with van der Waals surface area (Å²) in [7, 11) is 1.72. The lowest BCUT2D eigenvalue weighted by molar-refractivity contribution is -0.139. The molecule has 1 heterocycles. The van der Waals surface area contributed by atoms with Crippen LogP contribution in [0.1, 0.15) is 23.6 Å². The molecule has 0 aromatic heterocycles. The lowest BCUT2D eigenvalue weighted by atomic mass is 9.97. The Hall–Kier alpha value is -1.18. The standard InChI is InChI=1S/C14H18F4N2O/c1-20(10-4-5-21-8-10)13(7-19)11-3-2-9(15)6-12(11)14(16,17)18/h2-3,6,10,13H,4-5,7-8,19H2,1H3. The summed E-state index contributed by atoms with van der Waals surface area (Å²) in [5.74, 6) is -0.909. The van der Waals surface area contributed by atoms with Crippen molar-refractivity contribution in [2.45, 2.75) is 24.7 Å². The maximum Gasteiger partial charge on any atom is 0.416 e. The molecule has 1 saturated heterocycles. The van der Waals surface area contributed by atoms with Gasteiger partial charge in [0.2, 0.25) is 0 Å². The molecule has 0 aliphatic carbocycles. The largest absolute Gasteiger partial charge is 0.416 e. The summed E-state index contributed by atoms with van der Waals surface area (Å²) in [6.45, 7) is 1.07. The molecule has 1 aliphatic heterocycles. The third-order valence-electron chi connectivity index (χ3n) is 3.88. The fourth-order valence-electron chi connectivity index (χ4n) is 2.67. The van der Waals surface area contributed by atoms with E-state index in [0.29, 0.717) is 19.3 Å². The second-order valence-electron chi connectivity index (χ2n) is 5.16. The van der Waals surface area contributed by atoms with E-state index in [-0.39, 0.29) is 18.2 Å². The molecular weight excluding hydrogens is 288 g/mol. The van der Waals surface area contributed by atoms with Gasteiger partial charge in [0.1, 0.15) is 5.82 Å². The van der Waals surface area contributed by atoms with Crippen molar-refractivity contribution < 1.29 is 22.3 Å². The van der Waals surface area contributed by atoms with E-state index in [1.165, 1.54) is 6.07 Å². The van der Waals surface area contributed by atoms with Crippen LogP contribution >= 0.6 is 0 Å². The van der Waals surface area contributed by atoms with Crippen molar-refractivity contribution in [1.82, 2.24) is 4.90 Å². The highest BCUT2D eigenvalue weighted by Gasteiger charge is 2.37. The van der Waals surface area contributed by atoms with Gasteiger partial charge in [0.05, 0.1) is 12.2 Å². The number of ether oxygens (including phenoxy) is 1. The maximum absolute atomic E-state index is 13.2. The Morgan fingerprint density at radius 2 is 2.14 bits per heavy atom. The van der Waals surface area contributed by atoms with E-state index >= 15 is 0 Å². The van der Waals surface area contributed by atoms with E-state index in [4.69, 9.17) is 10.5 Å². The highest BCUT2D eigenvalue weighted by atomic mass is 19.4. The van der Waals surface area contributed by atoms with E-state index in [1.807, 2.05) is 0 Å². The van der Waals surface area contributed by atoms with Crippen LogP contribution in [0.25, 0.3) is 0 Å². The number of rotatable bonds is 4. The molecular formula is C14H18F4N2O. The maximum atomic E-state index is 13.2. The summed E-state index contributed by atoms with van der Waals surface area (Å²) < 4.78 is 57.8. The third-order valence-corrected chi connectivity index (χ3v) is 3.88. The van der Waals surface area contributed by atoms with Crippen LogP contribution in [0.4, 0.5) is 17.6 Å². The number of hydrogen-bond donors (Lipinski definition) is 1. The number of alkyl halides is 3. The number of hydrogen-bond acceptors (Lipinski definition) is 3. The van der Waals surface area contributed by atoms with Crippen LogP contribution in [0.5, 0.6) is 0 Å². The van der Waals surface area contributed by atoms with Crippen molar-refractivity contribution in [2.75, 3.05) is 26.8 Å². The first-order chi connectivity index (χ1) is 9.84. The molecule has 118 valence electrons. The predicted octanol–water partition coefficient (Wildman–Crippen LogP) is 2.57. The van der Waals surface area contributed by atoms with E-state index < -0.39 is 23.6 Å². The predicted molar refractivity (Wildman–Crippen MR) is 70.2 cm³/mol. The zero-order chi connectivity index (χ0) is 15.6. The highest BCUT2D eigenvalue weighted by molar-refractivity contribution is 5.33. The van der Waals surface area contributed by atoms with Gasteiger partial charge < -0.3 is 10.5 Å². The molecule has 2 atom stereocenters. The summed E-state index contributed by atoms with van der Waals surface area (Å²) in [6.07, 6.45) is -3.87. The molecule has 2 unspecified atom stereocenters. The van der Waals surface area contributed by atoms with Crippen LogP contribution < -0.4 is 5.73 Å². The van der Waals surface area contributed by atoms with Crippen LogP contribution in [-0.4, -0.2) is 37.7 Å². The van der Waals surface area contributed by atoms with Crippen LogP contribution in [0.15, 0.2) is 18.2 Å². The molecule has 1 aliphatic rings. The number of halogens is 4. The Balaban J connectivity index is 2.37. The van der Waals surface area contributed by atoms with Gasteiger partial charge in [0, 0.05) is 25.2 Å². The molecule has 0 amide bonds. The first-order valence-electron chi connectivity index (χ1n) is 6.71. The van der Waals surface area contributed by atoms with E-state index in [1.54, 1.807) is 11.9 Å². The minimum absolute atomic E-state index is 0.000741. The molecule has 1 aromatic rings. The Labute approximate surface area is 120 Å². The first kappa shape index (κ1) is 16.2. The molecule has 2 N–H and O–H groups in total. The topological polar surface area (TPSA) is 38.5 Å². The SMILES string of the molecule is CN(C1CCOC1)C(CN)c1ccc(F)cc1C(F)(F)F. The van der Waals surface area contributed by atoms with Gasteiger partial charge in [-0.2, -0.15) is 13.2 Å². The monoisotopic (exact) mass is 306 g/mol. The van der Waals surface area contributed by atoms with Gasteiger partial charge >= 0.3 is 6.18 Å². The summed E-state index contributed by atoms with van der Waals surface area (Å²) in [4.78, 5) is 1.79. The van der Waals surface area contributed by atoms with Gasteiger partial charge in [0.25, 0.3) is 0 Å². The second-order valence-corrected chi connectivity index (χ2v) is 5.16. The van der Waals surface area contributed by atoms with Crippen molar-refractivity contribution >= 4 is 0 Å². The minimum atomic E-state index is -4.61. The molecule has 2 rings (SSSR count). The average molecular weight is 306 g/mol. The van der Waals surface area contributed by atoms with Gasteiger partial charge in [0.15, 0.2) is 0 Å². The molecule has 1 fully saturated rings. The Morgan fingerprint density at radius 3 is 2.67 bits per heavy atom. The normalized spacial score (nSPS) is 21.0. The molecule has 0 radical (unpaired) electrons. The third kappa shape index (κ3) is 3.53. The molecule has 1 aromatic carbocycles. The van der Waals surface area contributed by atoms with Gasteiger partial charge in [-0.1, -0.05) is 6.07 Å². The molecule has 0 bridgehead atoms. The molecule has 0 saturated carbocycles. The van der Waals surface area contributed by atoms with Crippen molar-refractivity contribution in [3.8, 4) is 0 Å². The zero-order valence-corrected chi connectivity index (χ0v) is 11.7. The Morgan fingerprint density at radius 1 is 1.43 bits per heavy atom. The van der Waals surface area contributed by atoms with Crippen LogP contribution in [-0.2, 0) is 10.9 Å². The number of benzene rings is 1. The quantitative estimate of drug-likeness (QED) is 0.869. The molecule has 0 spiro atoms. The minimum Gasteiger partial charge on any atom is -0.380 e. The number of nitrogens with two attached hydrogens (primary N) is 1. The van der Waals surface area contributed by atoms with E-state index in [0.717, 1.165) is 12.5 Å². The summed E-state index contributed by atoms with van der Waals surface area (Å²) in [5.41, 5.74) is 4.71. The average Bonchev–Trinajstić information content (AvgIpc) is 2.93. The van der Waals surface area contributed by atoms with E-state index in [9.17, 15) is 17.6 Å². The van der Waals surface area contributed by atoms with Gasteiger partial charge in [-0.05, 0) is 31.2 Å². The van der Waals surface area contributed by atoms with Crippen molar-refractivity contribution in [2.24, 2.45) is 5.73 Å². The van der Waals surface area contributed by atoms with Crippen LogP contribution in [0, 0.1) is 5.82 Å². The fraction of sp³-hybridized carbons (Fsp3) is 0.571. The lowest BCUT2D eigenvalue weighted by Gasteiger charge is -2.33. The van der Waals surface area contributed by atoms with Crippen molar-refractivity contribution in [3.05, 3.63) is 35.1 Å². The highest BCUT2D eigenvalue weighted by Crippen LogP contribution is 2.37. The van der Waals surface area contributed by atoms with Crippen LogP contribution in [0.2, 0.25) is 0 Å². The van der Waals surface area contributed by atoms with E-state index in [2.05, 4.69) is 0 Å². The fourth-order valence-corrected chi connectivity index (χ4v) is 2.67. The Bertz CT molecular complexity index is 486. The summed E-state index contributed by atoms with van der Waals surface area (Å²) in [6, 6.07) is 2.11.